The summed E-state index contributed by atoms with van der Waals surface area (Å²) in [5.41, 5.74) is 2.20. The van der Waals surface area contributed by atoms with Crippen LogP contribution in [0, 0.1) is 12.3 Å². The zero-order valence-electron chi connectivity index (χ0n) is 20.5. The number of rotatable bonds is 10. The monoisotopic (exact) mass is 516 g/mol. The minimum atomic E-state index is -1.23. The van der Waals surface area contributed by atoms with Crippen LogP contribution in [0.3, 0.4) is 0 Å². The van der Waals surface area contributed by atoms with Gasteiger partial charge in [-0.1, -0.05) is 29.3 Å². The topological polar surface area (TPSA) is 45.6 Å². The number of aromatic nitrogens is 1. The highest BCUT2D eigenvalue weighted by molar-refractivity contribution is 7.99. The number of likely N-dealkylation sites (tertiary alicyclic amines) is 1. The van der Waals surface area contributed by atoms with E-state index >= 15 is 4.39 Å². The van der Waals surface area contributed by atoms with E-state index in [-0.39, 0.29) is 12.0 Å². The van der Waals surface area contributed by atoms with Crippen LogP contribution >= 0.6 is 23.4 Å². The summed E-state index contributed by atoms with van der Waals surface area (Å²) in [6, 6.07) is 14.1. The maximum Gasteiger partial charge on any atom is 0.127 e. The van der Waals surface area contributed by atoms with Gasteiger partial charge in [-0.3, -0.25) is 4.98 Å². The molecule has 1 N–H and O–H groups in total. The van der Waals surface area contributed by atoms with Crippen molar-refractivity contribution in [2.45, 2.75) is 43.7 Å². The van der Waals surface area contributed by atoms with Crippen LogP contribution in [0.2, 0.25) is 5.02 Å². The van der Waals surface area contributed by atoms with Gasteiger partial charge in [0.15, 0.2) is 0 Å². The molecular weight excluding hydrogens is 483 g/mol. The third kappa shape index (κ3) is 6.48. The Labute approximate surface area is 216 Å². The number of aliphatic hydroxyl groups excluding tert-OH is 1. The van der Waals surface area contributed by atoms with Crippen LogP contribution in [-0.4, -0.2) is 54.1 Å². The van der Waals surface area contributed by atoms with E-state index in [1.54, 1.807) is 13.2 Å². The summed E-state index contributed by atoms with van der Waals surface area (Å²) < 4.78 is 20.9. The van der Waals surface area contributed by atoms with Crippen molar-refractivity contribution in [1.29, 1.82) is 0 Å². The van der Waals surface area contributed by atoms with E-state index in [2.05, 4.69) is 41.1 Å². The molecule has 188 valence electrons. The molecule has 0 amide bonds. The Morgan fingerprint density at radius 1 is 1.20 bits per heavy atom. The zero-order valence-corrected chi connectivity index (χ0v) is 22.0. The number of benzene rings is 2. The number of aliphatic hydroxyl groups is 1. The van der Waals surface area contributed by atoms with Crippen LogP contribution in [-0.2, 0) is 0 Å². The molecule has 1 aromatic heterocycles. The minimum Gasteiger partial charge on any atom is -0.497 e. The Kier molecular flexibility index (Phi) is 8.92. The van der Waals surface area contributed by atoms with Crippen LogP contribution in [0.15, 0.2) is 53.6 Å². The quantitative estimate of drug-likeness (QED) is 0.298. The highest BCUT2D eigenvalue weighted by Gasteiger charge is 2.35. The highest BCUT2D eigenvalue weighted by Crippen LogP contribution is 2.42. The number of nitrogens with zero attached hydrogens (tertiary/aromatic N) is 2. The first-order valence-corrected chi connectivity index (χ1v) is 13.6. The van der Waals surface area contributed by atoms with E-state index in [9.17, 15) is 5.11 Å². The molecule has 35 heavy (non-hydrogen) atoms. The molecule has 0 bridgehead atoms. The lowest BCUT2D eigenvalue weighted by atomic mass is 9.74. The summed E-state index contributed by atoms with van der Waals surface area (Å²) >= 11 is 8.28. The van der Waals surface area contributed by atoms with Gasteiger partial charge >= 0.3 is 0 Å². The smallest absolute Gasteiger partial charge is 0.127 e. The second kappa shape index (κ2) is 11.9. The zero-order chi connectivity index (χ0) is 24.8. The second-order valence-corrected chi connectivity index (χ2v) is 11.1. The van der Waals surface area contributed by atoms with Gasteiger partial charge in [0, 0.05) is 40.9 Å². The van der Waals surface area contributed by atoms with Gasteiger partial charge in [-0.15, -0.1) is 11.8 Å². The van der Waals surface area contributed by atoms with Crippen LogP contribution in [0.5, 0.6) is 5.75 Å². The van der Waals surface area contributed by atoms with Gasteiger partial charge in [-0.2, -0.15) is 0 Å². The lowest BCUT2D eigenvalue weighted by Crippen LogP contribution is -2.42. The first-order valence-electron chi connectivity index (χ1n) is 12.2. The third-order valence-electron chi connectivity index (χ3n) is 7.26. The number of hydrogen-bond donors (Lipinski definition) is 1. The van der Waals surface area contributed by atoms with Crippen molar-refractivity contribution < 1.29 is 14.2 Å². The number of pyridine rings is 1. The summed E-state index contributed by atoms with van der Waals surface area (Å²) in [6.07, 6.45) is 2.99. The molecule has 4 nitrogen and oxygen atoms in total. The number of thioether (sulfide) groups is 1. The van der Waals surface area contributed by atoms with Crippen molar-refractivity contribution in [2.24, 2.45) is 5.41 Å². The van der Waals surface area contributed by atoms with Gasteiger partial charge < -0.3 is 14.7 Å². The van der Waals surface area contributed by atoms with Crippen molar-refractivity contribution in [3.8, 4) is 5.75 Å². The predicted molar refractivity (Wildman–Crippen MR) is 143 cm³/mol. The summed E-state index contributed by atoms with van der Waals surface area (Å²) in [7, 11) is 1.59. The molecule has 1 aliphatic heterocycles. The molecule has 0 unspecified atom stereocenters. The first kappa shape index (κ1) is 26.2. The molecule has 0 saturated carbocycles. The van der Waals surface area contributed by atoms with E-state index in [1.165, 1.54) is 16.7 Å². The number of piperidine rings is 1. The molecular formula is C28H34ClFN2O2S. The third-order valence-corrected chi connectivity index (χ3v) is 8.55. The van der Waals surface area contributed by atoms with Crippen LogP contribution in [0.25, 0.3) is 10.9 Å². The number of hydrogen-bond acceptors (Lipinski definition) is 5. The Hall–Kier alpha value is -1.86. The molecule has 0 spiro atoms. The fourth-order valence-corrected chi connectivity index (χ4v) is 6.04. The van der Waals surface area contributed by atoms with Crippen molar-refractivity contribution in [1.82, 2.24) is 9.88 Å². The average Bonchev–Trinajstić information content (AvgIpc) is 2.89. The molecule has 7 heteroatoms. The molecule has 1 fully saturated rings. The Morgan fingerprint density at radius 2 is 1.94 bits per heavy atom. The Balaban J connectivity index is 1.33. The standard InChI is InChI=1S/C28H34ClFN2O2S/c1-20-3-6-22(7-4-20)35-16-15-32-13-11-28(19-33,12-14-32)10-9-25(30)27-23-17-21(34-2)5-8-26(23)31-18-24(27)29/h3-8,17-18,25,33H,9-16,19H2,1-2H3/t25-/m0/s1. The van der Waals surface area contributed by atoms with Crippen molar-refractivity contribution in [2.75, 3.05) is 39.1 Å². The van der Waals surface area contributed by atoms with Gasteiger partial charge in [0.2, 0.25) is 0 Å². The first-order chi connectivity index (χ1) is 16.9. The lowest BCUT2D eigenvalue weighted by Gasteiger charge is -2.41. The van der Waals surface area contributed by atoms with Crippen molar-refractivity contribution >= 4 is 34.3 Å². The maximum absolute atomic E-state index is 15.6. The van der Waals surface area contributed by atoms with Gasteiger partial charge in [0.05, 0.1) is 17.6 Å². The summed E-state index contributed by atoms with van der Waals surface area (Å²) in [5, 5.41) is 11.3. The highest BCUT2D eigenvalue weighted by atomic mass is 35.5. The number of alkyl halides is 1. The summed E-state index contributed by atoms with van der Waals surface area (Å²) in [5.74, 6) is 1.69. The average molecular weight is 517 g/mol. The molecule has 3 aromatic rings. The number of ether oxygens (including phenoxy) is 1. The molecule has 0 radical (unpaired) electrons. The molecule has 1 atom stereocenters. The number of methoxy groups -OCH3 is 1. The van der Waals surface area contributed by atoms with Crippen LogP contribution in [0.4, 0.5) is 4.39 Å². The van der Waals surface area contributed by atoms with E-state index in [1.807, 2.05) is 23.9 Å². The molecule has 0 aliphatic carbocycles. The second-order valence-electron chi connectivity index (χ2n) is 9.57. The normalized spacial score (nSPS) is 16.9. The Morgan fingerprint density at radius 3 is 2.63 bits per heavy atom. The minimum absolute atomic E-state index is 0.0876. The van der Waals surface area contributed by atoms with Crippen molar-refractivity contribution in [3.63, 3.8) is 0 Å². The fraction of sp³-hybridized carbons (Fsp3) is 0.464. The van der Waals surface area contributed by atoms with Gasteiger partial charge in [0.1, 0.15) is 11.9 Å². The SMILES string of the molecule is COc1ccc2ncc(Cl)c([C@@H](F)CCC3(CO)CCN(CCSc4ccc(C)cc4)CC3)c2c1. The fourth-order valence-electron chi connectivity index (χ4n) is 4.86. The van der Waals surface area contributed by atoms with Gasteiger partial charge in [0.25, 0.3) is 0 Å². The number of fused-ring (bicyclic) bond motifs is 1. The molecule has 4 rings (SSSR count). The maximum atomic E-state index is 15.6. The van der Waals surface area contributed by atoms with Gasteiger partial charge in [-0.05, 0) is 81.4 Å². The largest absolute Gasteiger partial charge is 0.497 e. The van der Waals surface area contributed by atoms with E-state index in [4.69, 9.17) is 16.3 Å². The molecule has 1 saturated heterocycles. The molecule has 2 heterocycles. The number of halogens is 2. The van der Waals surface area contributed by atoms with Crippen molar-refractivity contribution in [3.05, 3.63) is 64.8 Å². The number of aryl methyl sites for hydroxylation is 1. The predicted octanol–water partition coefficient (Wildman–Crippen LogP) is 6.86. The van der Waals surface area contributed by atoms with Crippen LogP contribution < -0.4 is 4.74 Å². The lowest BCUT2D eigenvalue weighted by molar-refractivity contribution is 0.0323. The Bertz CT molecular complexity index is 1120. The van der Waals surface area contributed by atoms with Gasteiger partial charge in [-0.25, -0.2) is 4.39 Å². The van der Waals surface area contributed by atoms with E-state index in [0.29, 0.717) is 40.1 Å². The van der Waals surface area contributed by atoms with E-state index < -0.39 is 6.17 Å². The van der Waals surface area contributed by atoms with Crippen LogP contribution in [0.1, 0.15) is 43.0 Å². The molecule has 1 aliphatic rings. The summed E-state index contributed by atoms with van der Waals surface area (Å²) in [6.45, 7) is 5.08. The van der Waals surface area contributed by atoms with E-state index in [0.717, 1.165) is 38.2 Å². The molecule has 2 aromatic carbocycles. The summed E-state index contributed by atoms with van der Waals surface area (Å²) in [4.78, 5) is 8.09.